The van der Waals surface area contributed by atoms with Crippen LogP contribution in [0.5, 0.6) is 11.5 Å². The second kappa shape index (κ2) is 9.55. The van der Waals surface area contributed by atoms with Crippen LogP contribution >= 0.6 is 0 Å². The summed E-state index contributed by atoms with van der Waals surface area (Å²) in [5.41, 5.74) is 3.13. The minimum Gasteiger partial charge on any atom is -0.456 e. The first-order valence-corrected chi connectivity index (χ1v) is 10.5. The molecular formula is C25H27N3O2. The van der Waals surface area contributed by atoms with Gasteiger partial charge in [-0.25, -0.2) is 0 Å². The van der Waals surface area contributed by atoms with Gasteiger partial charge in [0.2, 0.25) is 0 Å². The van der Waals surface area contributed by atoms with Crippen LogP contribution in [0.4, 0.5) is 0 Å². The Kier molecular flexibility index (Phi) is 6.40. The minimum atomic E-state index is 0.147. The summed E-state index contributed by atoms with van der Waals surface area (Å²) in [5.74, 6) is 1.66. The van der Waals surface area contributed by atoms with E-state index in [2.05, 4.69) is 29.4 Å². The number of amides is 1. The SMILES string of the molecule is CC(NCc1ccc(C(=O)N2CCCC2)cc1)c1ccc(Oc2cccnc2)cc1. The highest BCUT2D eigenvalue weighted by Gasteiger charge is 2.19. The standard InChI is InChI=1S/C25H27N3O2/c1-19(21-10-12-23(13-11-21)30-24-5-4-14-26-18-24)27-17-20-6-8-22(9-7-20)25(29)28-15-2-3-16-28/h4-14,18-19,27H,2-3,15-17H2,1H3. The quantitative estimate of drug-likeness (QED) is 0.608. The van der Waals surface area contributed by atoms with Crippen molar-refractivity contribution in [2.75, 3.05) is 13.1 Å². The third-order valence-corrected chi connectivity index (χ3v) is 5.46. The van der Waals surface area contributed by atoms with E-state index in [1.165, 1.54) is 5.56 Å². The van der Waals surface area contributed by atoms with Crippen LogP contribution in [0.3, 0.4) is 0 Å². The lowest BCUT2D eigenvalue weighted by molar-refractivity contribution is 0.0793. The molecule has 1 atom stereocenters. The van der Waals surface area contributed by atoms with Crippen LogP contribution in [-0.2, 0) is 6.54 Å². The van der Waals surface area contributed by atoms with E-state index in [1.807, 2.05) is 53.4 Å². The highest BCUT2D eigenvalue weighted by molar-refractivity contribution is 5.94. The van der Waals surface area contributed by atoms with Crippen LogP contribution < -0.4 is 10.1 Å². The second-order valence-corrected chi connectivity index (χ2v) is 7.66. The highest BCUT2D eigenvalue weighted by atomic mass is 16.5. The normalized spacial score (nSPS) is 14.5. The molecule has 5 heteroatoms. The number of carbonyl (C=O) groups is 1. The van der Waals surface area contributed by atoms with Crippen molar-refractivity contribution in [1.29, 1.82) is 0 Å². The van der Waals surface area contributed by atoms with Gasteiger partial charge in [-0.2, -0.15) is 0 Å². The maximum absolute atomic E-state index is 12.4. The van der Waals surface area contributed by atoms with Gasteiger partial charge in [0, 0.05) is 37.4 Å². The Balaban J connectivity index is 1.29. The molecule has 0 bridgehead atoms. The van der Waals surface area contributed by atoms with Crippen LogP contribution in [0, 0.1) is 0 Å². The summed E-state index contributed by atoms with van der Waals surface area (Å²) in [5, 5.41) is 3.54. The van der Waals surface area contributed by atoms with E-state index in [1.54, 1.807) is 12.4 Å². The molecule has 30 heavy (non-hydrogen) atoms. The molecule has 2 aromatic carbocycles. The predicted molar refractivity (Wildman–Crippen MR) is 118 cm³/mol. The third kappa shape index (κ3) is 5.05. The Morgan fingerprint density at radius 1 is 1.03 bits per heavy atom. The van der Waals surface area contributed by atoms with Crippen LogP contribution in [-0.4, -0.2) is 28.9 Å². The molecule has 3 aromatic rings. The molecule has 154 valence electrons. The maximum atomic E-state index is 12.4. The smallest absolute Gasteiger partial charge is 0.253 e. The van der Waals surface area contributed by atoms with Gasteiger partial charge in [-0.15, -0.1) is 0 Å². The van der Waals surface area contributed by atoms with Crippen LogP contribution in [0.2, 0.25) is 0 Å². The average molecular weight is 402 g/mol. The first kappa shape index (κ1) is 20.1. The van der Waals surface area contributed by atoms with Crippen LogP contribution in [0.15, 0.2) is 73.1 Å². The summed E-state index contributed by atoms with van der Waals surface area (Å²) in [6, 6.07) is 20.0. The first-order valence-electron chi connectivity index (χ1n) is 10.5. The lowest BCUT2D eigenvalue weighted by Gasteiger charge is -2.17. The van der Waals surface area contributed by atoms with Crippen molar-refractivity contribution in [3.63, 3.8) is 0 Å². The summed E-state index contributed by atoms with van der Waals surface area (Å²) in [6.07, 6.45) is 5.65. The van der Waals surface area contributed by atoms with Crippen molar-refractivity contribution >= 4 is 5.91 Å². The van der Waals surface area contributed by atoms with Crippen molar-refractivity contribution in [1.82, 2.24) is 15.2 Å². The largest absolute Gasteiger partial charge is 0.456 e. The molecule has 0 spiro atoms. The zero-order valence-electron chi connectivity index (χ0n) is 17.3. The summed E-state index contributed by atoms with van der Waals surface area (Å²) < 4.78 is 5.80. The average Bonchev–Trinajstić information content (AvgIpc) is 3.34. The van der Waals surface area contributed by atoms with E-state index in [4.69, 9.17) is 4.74 Å². The molecular weight excluding hydrogens is 374 g/mol. The van der Waals surface area contributed by atoms with Gasteiger partial charge < -0.3 is 15.0 Å². The Morgan fingerprint density at radius 2 is 1.77 bits per heavy atom. The Bertz CT molecular complexity index is 950. The zero-order chi connectivity index (χ0) is 20.8. The number of carbonyl (C=O) groups excluding carboxylic acids is 1. The van der Waals surface area contributed by atoms with Gasteiger partial charge in [0.1, 0.15) is 11.5 Å². The zero-order valence-corrected chi connectivity index (χ0v) is 17.3. The summed E-state index contributed by atoms with van der Waals surface area (Å²) in [4.78, 5) is 18.4. The second-order valence-electron chi connectivity index (χ2n) is 7.66. The number of aromatic nitrogens is 1. The van der Waals surface area contributed by atoms with E-state index in [0.717, 1.165) is 55.1 Å². The van der Waals surface area contributed by atoms with Crippen molar-refractivity contribution in [2.45, 2.75) is 32.4 Å². The molecule has 2 heterocycles. The molecule has 5 nitrogen and oxygen atoms in total. The molecule has 1 aliphatic rings. The number of ether oxygens (including phenoxy) is 1. The number of rotatable bonds is 7. The monoisotopic (exact) mass is 401 g/mol. The molecule has 1 N–H and O–H groups in total. The van der Waals surface area contributed by atoms with Crippen molar-refractivity contribution in [3.05, 3.63) is 89.7 Å². The Labute approximate surface area is 177 Å². The summed E-state index contributed by atoms with van der Waals surface area (Å²) >= 11 is 0. The van der Waals surface area contributed by atoms with Gasteiger partial charge in [-0.05, 0) is 67.3 Å². The Hall–Kier alpha value is -3.18. The fourth-order valence-corrected chi connectivity index (χ4v) is 3.62. The molecule has 1 unspecified atom stereocenters. The van der Waals surface area contributed by atoms with Gasteiger partial charge in [-0.1, -0.05) is 24.3 Å². The number of nitrogens with zero attached hydrogens (tertiary/aromatic N) is 2. The molecule has 0 radical (unpaired) electrons. The number of nitrogens with one attached hydrogen (secondary N) is 1. The maximum Gasteiger partial charge on any atom is 0.253 e. The van der Waals surface area contributed by atoms with Crippen LogP contribution in [0.1, 0.15) is 47.3 Å². The summed E-state index contributed by atoms with van der Waals surface area (Å²) in [7, 11) is 0. The van der Waals surface area contributed by atoms with Gasteiger partial charge in [-0.3, -0.25) is 9.78 Å². The fourth-order valence-electron chi connectivity index (χ4n) is 3.62. The molecule has 0 saturated carbocycles. The lowest BCUT2D eigenvalue weighted by Crippen LogP contribution is -2.27. The minimum absolute atomic E-state index is 0.147. The van der Waals surface area contributed by atoms with Gasteiger partial charge in [0.15, 0.2) is 0 Å². The number of hydrogen-bond acceptors (Lipinski definition) is 4. The predicted octanol–water partition coefficient (Wildman–Crippen LogP) is 4.96. The van der Waals surface area contributed by atoms with Gasteiger partial charge in [0.05, 0.1) is 6.20 Å². The van der Waals surface area contributed by atoms with Crippen molar-refractivity contribution < 1.29 is 9.53 Å². The first-order chi connectivity index (χ1) is 14.7. The van der Waals surface area contributed by atoms with Gasteiger partial charge in [0.25, 0.3) is 5.91 Å². The fraction of sp³-hybridized carbons (Fsp3) is 0.280. The number of hydrogen-bond donors (Lipinski definition) is 1. The van der Waals surface area contributed by atoms with E-state index in [9.17, 15) is 4.79 Å². The molecule has 1 aromatic heterocycles. The van der Waals surface area contributed by atoms with Gasteiger partial charge >= 0.3 is 0 Å². The van der Waals surface area contributed by atoms with Crippen molar-refractivity contribution in [2.24, 2.45) is 0 Å². The molecule has 4 rings (SSSR count). The highest BCUT2D eigenvalue weighted by Crippen LogP contribution is 2.23. The summed E-state index contributed by atoms with van der Waals surface area (Å²) in [6.45, 7) is 4.65. The molecule has 1 fully saturated rings. The van der Waals surface area contributed by atoms with Crippen molar-refractivity contribution in [3.8, 4) is 11.5 Å². The van der Waals surface area contributed by atoms with E-state index in [0.29, 0.717) is 0 Å². The molecule has 1 amide bonds. The topological polar surface area (TPSA) is 54.5 Å². The lowest BCUT2D eigenvalue weighted by atomic mass is 10.1. The van der Waals surface area contributed by atoms with E-state index < -0.39 is 0 Å². The molecule has 0 aliphatic carbocycles. The molecule has 1 saturated heterocycles. The number of pyridine rings is 1. The number of benzene rings is 2. The third-order valence-electron chi connectivity index (χ3n) is 5.46. The Morgan fingerprint density at radius 3 is 2.43 bits per heavy atom. The number of likely N-dealkylation sites (tertiary alicyclic amines) is 1. The van der Waals surface area contributed by atoms with E-state index >= 15 is 0 Å². The molecule has 1 aliphatic heterocycles. The van der Waals surface area contributed by atoms with E-state index in [-0.39, 0.29) is 11.9 Å². The van der Waals surface area contributed by atoms with Crippen LogP contribution in [0.25, 0.3) is 0 Å².